The first-order chi connectivity index (χ1) is 8.66. The molecule has 0 aliphatic carbocycles. The van der Waals surface area contributed by atoms with Crippen molar-refractivity contribution in [2.45, 2.75) is 13.0 Å². The van der Waals surface area contributed by atoms with Crippen molar-refractivity contribution in [3.8, 4) is 5.75 Å². The van der Waals surface area contributed by atoms with E-state index >= 15 is 0 Å². The van der Waals surface area contributed by atoms with Gasteiger partial charge in [-0.25, -0.2) is 0 Å². The molecule has 94 valence electrons. The van der Waals surface area contributed by atoms with Crippen LogP contribution in [-0.4, -0.2) is 6.61 Å². The summed E-state index contributed by atoms with van der Waals surface area (Å²) in [6.07, 6.45) is 0. The van der Waals surface area contributed by atoms with E-state index in [1.54, 1.807) is 0 Å². The summed E-state index contributed by atoms with van der Waals surface area (Å²) in [5, 5.41) is 0.715. The molecule has 0 fully saturated rings. The number of hydrogen-bond acceptors (Lipinski definition) is 2. The molecule has 0 saturated heterocycles. The van der Waals surface area contributed by atoms with Crippen LogP contribution in [0.4, 0.5) is 0 Å². The van der Waals surface area contributed by atoms with E-state index in [0.29, 0.717) is 11.6 Å². The van der Waals surface area contributed by atoms with Crippen molar-refractivity contribution in [1.29, 1.82) is 0 Å². The molecule has 1 atom stereocenters. The van der Waals surface area contributed by atoms with Crippen LogP contribution < -0.4 is 10.5 Å². The summed E-state index contributed by atoms with van der Waals surface area (Å²) < 4.78 is 5.72. The summed E-state index contributed by atoms with van der Waals surface area (Å²) in [6, 6.07) is 15.4. The van der Waals surface area contributed by atoms with Crippen LogP contribution in [0.5, 0.6) is 5.75 Å². The summed E-state index contributed by atoms with van der Waals surface area (Å²) in [6.45, 7) is 2.42. The number of benzene rings is 2. The zero-order valence-electron chi connectivity index (χ0n) is 10.3. The highest BCUT2D eigenvalue weighted by atomic mass is 35.5. The zero-order valence-corrected chi connectivity index (χ0v) is 11.0. The highest BCUT2D eigenvalue weighted by molar-refractivity contribution is 6.30. The molecule has 2 rings (SSSR count). The van der Waals surface area contributed by atoms with Gasteiger partial charge in [0.05, 0.1) is 6.04 Å². The van der Waals surface area contributed by atoms with Gasteiger partial charge >= 0.3 is 0 Å². The largest absolute Gasteiger partial charge is 0.491 e. The van der Waals surface area contributed by atoms with Gasteiger partial charge in [-0.1, -0.05) is 41.9 Å². The van der Waals surface area contributed by atoms with Gasteiger partial charge in [-0.2, -0.15) is 0 Å². The second-order valence-electron chi connectivity index (χ2n) is 4.24. The maximum absolute atomic E-state index is 6.07. The Morgan fingerprint density at radius 2 is 1.89 bits per heavy atom. The fourth-order valence-corrected chi connectivity index (χ4v) is 1.98. The molecule has 18 heavy (non-hydrogen) atoms. The molecule has 0 bridgehead atoms. The molecule has 0 radical (unpaired) electrons. The van der Waals surface area contributed by atoms with E-state index in [1.807, 2.05) is 55.5 Å². The van der Waals surface area contributed by atoms with Gasteiger partial charge in [-0.15, -0.1) is 0 Å². The van der Waals surface area contributed by atoms with Crippen LogP contribution in [0, 0.1) is 6.92 Å². The van der Waals surface area contributed by atoms with Gasteiger partial charge in [0.1, 0.15) is 12.4 Å². The van der Waals surface area contributed by atoms with Crippen molar-refractivity contribution in [1.82, 2.24) is 0 Å². The Bertz CT molecular complexity index is 513. The molecule has 2 N–H and O–H groups in total. The maximum atomic E-state index is 6.07. The average Bonchev–Trinajstić information content (AvgIpc) is 2.38. The van der Waals surface area contributed by atoms with Crippen molar-refractivity contribution in [2.75, 3.05) is 6.61 Å². The lowest BCUT2D eigenvalue weighted by Gasteiger charge is -2.15. The lowest BCUT2D eigenvalue weighted by molar-refractivity contribution is 0.289. The average molecular weight is 262 g/mol. The summed E-state index contributed by atoms with van der Waals surface area (Å²) in [7, 11) is 0. The summed E-state index contributed by atoms with van der Waals surface area (Å²) >= 11 is 5.90. The molecule has 0 spiro atoms. The summed E-state index contributed by atoms with van der Waals surface area (Å²) in [5.74, 6) is 0.825. The van der Waals surface area contributed by atoms with Gasteiger partial charge in [0, 0.05) is 5.02 Å². The molecule has 0 aromatic heterocycles. The molecule has 0 amide bonds. The third-order valence-electron chi connectivity index (χ3n) is 2.78. The first kappa shape index (κ1) is 12.9. The van der Waals surface area contributed by atoms with E-state index in [1.165, 1.54) is 0 Å². The number of hydrogen-bond donors (Lipinski definition) is 1. The number of ether oxygens (including phenoxy) is 1. The predicted octanol–water partition coefficient (Wildman–Crippen LogP) is 3.73. The molecular formula is C15H16ClNO. The molecular weight excluding hydrogens is 246 g/mol. The van der Waals surface area contributed by atoms with Crippen molar-refractivity contribution in [3.05, 3.63) is 64.7 Å². The molecule has 3 heteroatoms. The van der Waals surface area contributed by atoms with Crippen LogP contribution in [0.15, 0.2) is 48.5 Å². The van der Waals surface area contributed by atoms with Crippen molar-refractivity contribution >= 4 is 11.6 Å². The summed E-state index contributed by atoms with van der Waals surface area (Å²) in [4.78, 5) is 0. The van der Waals surface area contributed by atoms with E-state index in [2.05, 4.69) is 0 Å². The Hall–Kier alpha value is -1.51. The van der Waals surface area contributed by atoms with Gasteiger partial charge < -0.3 is 10.5 Å². The monoisotopic (exact) mass is 261 g/mol. The molecule has 0 unspecified atom stereocenters. The quantitative estimate of drug-likeness (QED) is 0.910. The van der Waals surface area contributed by atoms with Gasteiger partial charge in [0.15, 0.2) is 0 Å². The second kappa shape index (κ2) is 5.89. The standard InChI is InChI=1S/C15H16ClNO/c1-11-9-13(16)7-8-15(11)18-10-14(17)12-5-3-2-4-6-12/h2-9,14H,10,17H2,1H3/t14-/m0/s1. The van der Waals surface area contributed by atoms with Crippen molar-refractivity contribution in [2.24, 2.45) is 5.73 Å². The van der Waals surface area contributed by atoms with E-state index in [-0.39, 0.29) is 6.04 Å². The Balaban J connectivity index is 1.99. The van der Waals surface area contributed by atoms with Crippen LogP contribution >= 0.6 is 11.6 Å². The minimum absolute atomic E-state index is 0.124. The van der Waals surface area contributed by atoms with Crippen LogP contribution in [-0.2, 0) is 0 Å². The molecule has 2 aromatic carbocycles. The molecule has 0 saturated carbocycles. The number of nitrogens with two attached hydrogens (primary N) is 1. The van der Waals surface area contributed by atoms with Crippen LogP contribution in [0.2, 0.25) is 5.02 Å². The molecule has 0 aliphatic rings. The van der Waals surface area contributed by atoms with Crippen molar-refractivity contribution in [3.63, 3.8) is 0 Å². The lowest BCUT2D eigenvalue weighted by atomic mass is 10.1. The van der Waals surface area contributed by atoms with Gasteiger partial charge in [-0.05, 0) is 36.2 Å². The number of aryl methyl sites for hydroxylation is 1. The van der Waals surface area contributed by atoms with Gasteiger partial charge in [-0.3, -0.25) is 0 Å². The Kier molecular flexibility index (Phi) is 4.24. The number of halogens is 1. The minimum atomic E-state index is -0.124. The SMILES string of the molecule is Cc1cc(Cl)ccc1OC[C@H](N)c1ccccc1. The first-order valence-corrected chi connectivity index (χ1v) is 6.24. The van der Waals surface area contributed by atoms with Crippen molar-refractivity contribution < 1.29 is 4.74 Å². The third kappa shape index (κ3) is 3.25. The van der Waals surface area contributed by atoms with Gasteiger partial charge in [0.25, 0.3) is 0 Å². The Morgan fingerprint density at radius 1 is 1.17 bits per heavy atom. The maximum Gasteiger partial charge on any atom is 0.122 e. The van der Waals surface area contributed by atoms with E-state index in [4.69, 9.17) is 22.1 Å². The zero-order chi connectivity index (χ0) is 13.0. The fraction of sp³-hybridized carbons (Fsp3) is 0.200. The Labute approximate surface area is 112 Å². The van der Waals surface area contributed by atoms with E-state index in [0.717, 1.165) is 16.9 Å². The molecule has 0 aliphatic heterocycles. The van der Waals surface area contributed by atoms with Crippen LogP contribution in [0.1, 0.15) is 17.2 Å². The normalized spacial score (nSPS) is 12.2. The lowest BCUT2D eigenvalue weighted by Crippen LogP contribution is -2.19. The molecule has 2 nitrogen and oxygen atoms in total. The molecule has 0 heterocycles. The van der Waals surface area contributed by atoms with Gasteiger partial charge in [0.2, 0.25) is 0 Å². The molecule has 2 aromatic rings. The predicted molar refractivity (Wildman–Crippen MR) is 75.1 cm³/mol. The van der Waals surface area contributed by atoms with E-state index < -0.39 is 0 Å². The second-order valence-corrected chi connectivity index (χ2v) is 4.67. The highest BCUT2D eigenvalue weighted by Gasteiger charge is 2.07. The Morgan fingerprint density at radius 3 is 2.56 bits per heavy atom. The topological polar surface area (TPSA) is 35.2 Å². The smallest absolute Gasteiger partial charge is 0.122 e. The van der Waals surface area contributed by atoms with Crippen LogP contribution in [0.3, 0.4) is 0 Å². The van der Waals surface area contributed by atoms with E-state index in [9.17, 15) is 0 Å². The fourth-order valence-electron chi connectivity index (χ4n) is 1.75. The summed E-state index contributed by atoms with van der Waals surface area (Å²) in [5.41, 5.74) is 8.16. The van der Waals surface area contributed by atoms with Crippen LogP contribution in [0.25, 0.3) is 0 Å². The highest BCUT2D eigenvalue weighted by Crippen LogP contribution is 2.22. The third-order valence-corrected chi connectivity index (χ3v) is 3.02. The minimum Gasteiger partial charge on any atom is -0.491 e. The first-order valence-electron chi connectivity index (χ1n) is 5.86. The number of rotatable bonds is 4.